The van der Waals surface area contributed by atoms with Gasteiger partial charge in [0, 0.05) is 47.4 Å². The van der Waals surface area contributed by atoms with E-state index in [9.17, 15) is 32.3 Å². The molecule has 59 heavy (non-hydrogen) atoms. The number of aldehydes is 1. The van der Waals surface area contributed by atoms with Crippen molar-refractivity contribution < 1.29 is 47.0 Å². The minimum absolute atomic E-state index is 0.0374. The van der Waals surface area contributed by atoms with Gasteiger partial charge in [0.2, 0.25) is 5.91 Å². The molecule has 0 radical (unpaired) electrons. The minimum Gasteiger partial charge on any atom is -0.475 e. The number of alkyl halides is 3. The number of carboxylic acids is 1. The molecule has 6 N–H and O–H groups in total. The van der Waals surface area contributed by atoms with Crippen molar-refractivity contribution >= 4 is 76.6 Å². The molecule has 4 aromatic heterocycles. The second-order valence-electron chi connectivity index (χ2n) is 15.5. The number of carboxylic acid groups (broad SMARTS) is 1. The van der Waals surface area contributed by atoms with Crippen LogP contribution in [0, 0.1) is 0 Å². The van der Waals surface area contributed by atoms with E-state index in [1.165, 1.54) is 15.6 Å². The van der Waals surface area contributed by atoms with Gasteiger partial charge >= 0.3 is 18.2 Å². The van der Waals surface area contributed by atoms with Gasteiger partial charge in [-0.1, -0.05) is 11.6 Å². The number of nitrogens with two attached hydrogens (primary N) is 1. The van der Waals surface area contributed by atoms with Crippen LogP contribution in [0.25, 0.3) is 17.4 Å². The Bertz CT molecular complexity index is 2290. The highest BCUT2D eigenvalue weighted by molar-refractivity contribution is 6.30. The van der Waals surface area contributed by atoms with Crippen molar-refractivity contribution in [2.75, 3.05) is 15.5 Å². The highest BCUT2D eigenvalue weighted by Crippen LogP contribution is 2.35. The number of ether oxygens (including phenoxy) is 1. The highest BCUT2D eigenvalue weighted by atomic mass is 35.5. The second-order valence-corrected chi connectivity index (χ2v) is 15.9. The molecule has 4 fully saturated rings. The Morgan fingerprint density at radius 3 is 2.10 bits per heavy atom. The van der Waals surface area contributed by atoms with Gasteiger partial charge in [0.15, 0.2) is 17.6 Å². The quantitative estimate of drug-likeness (QED) is 0.0668. The van der Waals surface area contributed by atoms with E-state index in [-0.39, 0.29) is 29.4 Å². The molecule has 3 saturated carbocycles. The maximum atomic E-state index is 12.6. The fourth-order valence-corrected chi connectivity index (χ4v) is 6.42. The van der Waals surface area contributed by atoms with Crippen LogP contribution in [0.1, 0.15) is 94.5 Å². The smallest absolute Gasteiger partial charge is 0.475 e. The number of carbonyl (C=O) groups is 5. The first-order valence-corrected chi connectivity index (χ1v) is 19.2. The largest absolute Gasteiger partial charge is 0.490 e. The number of anilines is 3. The number of imide groups is 1. The Labute approximate surface area is 339 Å². The number of aromatic nitrogens is 6. The molecule has 8 rings (SSSR count). The van der Waals surface area contributed by atoms with Crippen LogP contribution >= 0.6 is 11.6 Å². The zero-order valence-electron chi connectivity index (χ0n) is 32.3. The van der Waals surface area contributed by atoms with Gasteiger partial charge in [-0.05, 0) is 78.2 Å². The molecule has 0 atom stereocenters. The number of hydrogen-bond donors (Lipinski definition) is 5. The summed E-state index contributed by atoms with van der Waals surface area (Å²) in [4.78, 5) is 66.5. The van der Waals surface area contributed by atoms with Crippen molar-refractivity contribution in [2.24, 2.45) is 5.73 Å². The molecule has 4 aliphatic rings. The Balaban J connectivity index is 0.000000175. The average molecular weight is 846 g/mol. The summed E-state index contributed by atoms with van der Waals surface area (Å²) in [7, 11) is 0. The molecule has 0 spiro atoms. The highest BCUT2D eigenvalue weighted by Gasteiger charge is 2.39. The van der Waals surface area contributed by atoms with E-state index in [4.69, 9.17) is 37.0 Å². The molecule has 18 nitrogen and oxygen atoms in total. The number of halogens is 4. The first-order chi connectivity index (χ1) is 27.8. The number of amides is 3. The molecule has 3 amide bonds. The van der Waals surface area contributed by atoms with Gasteiger partial charge in [-0.3, -0.25) is 24.6 Å². The standard InChI is InChI=1S/C20H25N7O2.C15H17ClN4O3.C2HF3O2/c21-13-1-3-14(4-2-13)23-16-9-17(24-15-5-6-15)27-19(25-16)12(10-22-27)7-11-8-18(28)26-20(11)29;1-15(2,3)23-14(22)19(10-4-5-10)12-6-11(16)18-13-9(8-21)7-17-20(12)13;3-2(4,5)1(6)7/h7,9-10,13-15,24H,1-6,8,21H2,(H,23,25)(H,26,28,29);6-8,10H,4-5H2,1-3H3;(H,6,7)/b11-7+;;. The fraction of sp³-hybridized carbons (Fsp3) is 0.486. The van der Waals surface area contributed by atoms with Crippen molar-refractivity contribution in [2.45, 2.75) is 115 Å². The van der Waals surface area contributed by atoms with Gasteiger partial charge in [-0.2, -0.15) is 32.4 Å². The van der Waals surface area contributed by atoms with Gasteiger partial charge < -0.3 is 26.2 Å². The maximum absolute atomic E-state index is 12.6. The van der Waals surface area contributed by atoms with Crippen molar-refractivity contribution in [1.29, 1.82) is 0 Å². The number of rotatable bonds is 8. The molecule has 1 aliphatic heterocycles. The monoisotopic (exact) mass is 845 g/mol. The van der Waals surface area contributed by atoms with Crippen LogP contribution in [0.3, 0.4) is 0 Å². The van der Waals surface area contributed by atoms with E-state index in [1.807, 2.05) is 26.8 Å². The van der Waals surface area contributed by atoms with Crippen molar-refractivity contribution in [3.05, 3.63) is 46.4 Å². The third-order valence-electron chi connectivity index (χ3n) is 9.35. The Morgan fingerprint density at radius 1 is 0.949 bits per heavy atom. The summed E-state index contributed by atoms with van der Waals surface area (Å²) < 4.78 is 40.4. The molecule has 0 aromatic carbocycles. The number of aliphatic carboxylic acids is 1. The normalized spacial score (nSPS) is 20.0. The number of fused-ring (bicyclic) bond motifs is 2. The van der Waals surface area contributed by atoms with Crippen LogP contribution in [-0.2, 0) is 19.1 Å². The fourth-order valence-electron chi connectivity index (χ4n) is 6.24. The lowest BCUT2D eigenvalue weighted by Crippen LogP contribution is -2.39. The summed E-state index contributed by atoms with van der Waals surface area (Å²) in [6.07, 6.45) is 8.12. The number of nitrogens with one attached hydrogen (secondary N) is 3. The van der Waals surface area contributed by atoms with Crippen LogP contribution in [0.5, 0.6) is 0 Å². The van der Waals surface area contributed by atoms with Crippen molar-refractivity contribution in [1.82, 2.24) is 34.5 Å². The zero-order valence-corrected chi connectivity index (χ0v) is 33.0. The SMILES string of the molecule is CC(C)(C)OC(=O)N(c1cc(Cl)nc2c(C=O)cnn12)C1CC1.NC1CCC(Nc2cc(NC3CC3)n3ncc(/C=C4\CC(=O)NC4=O)c3n2)CC1.O=C(O)C(F)(F)F. The van der Waals surface area contributed by atoms with Crippen LogP contribution in [0.15, 0.2) is 30.1 Å². The van der Waals surface area contributed by atoms with Crippen LogP contribution in [0.2, 0.25) is 5.15 Å². The first kappa shape index (κ1) is 42.8. The van der Waals surface area contributed by atoms with E-state index in [2.05, 4.69) is 31.1 Å². The van der Waals surface area contributed by atoms with Gasteiger partial charge in [-0.25, -0.2) is 19.6 Å². The second kappa shape index (κ2) is 17.2. The predicted molar refractivity (Wildman–Crippen MR) is 208 cm³/mol. The van der Waals surface area contributed by atoms with Crippen LogP contribution < -0.4 is 26.6 Å². The predicted octanol–water partition coefficient (Wildman–Crippen LogP) is 5.15. The Hall–Kier alpha value is -5.83. The van der Waals surface area contributed by atoms with Crippen molar-refractivity contribution in [3.8, 4) is 0 Å². The number of carbonyl (C=O) groups excluding carboxylic acids is 4. The summed E-state index contributed by atoms with van der Waals surface area (Å²) in [6, 6.07) is 4.69. The zero-order chi connectivity index (χ0) is 42.8. The van der Waals surface area contributed by atoms with Gasteiger partial charge in [0.1, 0.15) is 28.2 Å². The molecular formula is C37H43ClF3N11O7. The molecule has 4 aromatic rings. The minimum atomic E-state index is -5.08. The molecular weight excluding hydrogens is 803 g/mol. The van der Waals surface area contributed by atoms with E-state index in [1.54, 1.807) is 22.9 Å². The summed E-state index contributed by atoms with van der Waals surface area (Å²) in [5.74, 6) is -1.27. The summed E-state index contributed by atoms with van der Waals surface area (Å²) in [5, 5.41) is 25.3. The first-order valence-electron chi connectivity index (χ1n) is 18.8. The lowest BCUT2D eigenvalue weighted by Gasteiger charge is -2.27. The Kier molecular flexibility index (Phi) is 12.5. The van der Waals surface area contributed by atoms with Gasteiger partial charge in [0.25, 0.3) is 5.91 Å². The number of hydrogen-bond acceptors (Lipinski definition) is 13. The molecule has 22 heteroatoms. The molecule has 3 aliphatic carbocycles. The molecule has 0 unspecified atom stereocenters. The van der Waals surface area contributed by atoms with Gasteiger partial charge in [0.05, 0.1) is 24.4 Å². The molecule has 1 saturated heterocycles. The topological polar surface area (TPSA) is 241 Å². The lowest BCUT2D eigenvalue weighted by molar-refractivity contribution is -0.192. The summed E-state index contributed by atoms with van der Waals surface area (Å²) in [6.45, 7) is 5.43. The summed E-state index contributed by atoms with van der Waals surface area (Å²) >= 11 is 6.07. The van der Waals surface area contributed by atoms with E-state index < -0.39 is 23.8 Å². The number of nitrogens with zero attached hydrogens (tertiary/aromatic N) is 7. The van der Waals surface area contributed by atoms with Gasteiger partial charge in [-0.15, -0.1) is 0 Å². The van der Waals surface area contributed by atoms with Crippen molar-refractivity contribution in [3.63, 3.8) is 0 Å². The van der Waals surface area contributed by atoms with E-state index >= 15 is 0 Å². The van der Waals surface area contributed by atoms with E-state index in [0.717, 1.165) is 68.6 Å². The van der Waals surface area contributed by atoms with Crippen LogP contribution in [0.4, 0.5) is 35.4 Å². The molecule has 316 valence electrons. The Morgan fingerprint density at radius 2 is 1.54 bits per heavy atom. The third kappa shape index (κ3) is 11.0. The molecule has 0 bridgehead atoms. The lowest BCUT2D eigenvalue weighted by atomic mass is 9.92. The third-order valence-corrected chi connectivity index (χ3v) is 9.54. The molecule has 5 heterocycles. The van der Waals surface area contributed by atoms with Crippen LogP contribution in [-0.4, -0.2) is 100 Å². The summed E-state index contributed by atoms with van der Waals surface area (Å²) in [5.41, 5.74) is 7.86. The van der Waals surface area contributed by atoms with E-state index in [0.29, 0.717) is 52.7 Å². The maximum Gasteiger partial charge on any atom is 0.490 e. The average Bonchev–Trinajstić information content (AvgIpc) is 4.05.